The Morgan fingerprint density at radius 1 is 1.15 bits per heavy atom. The minimum atomic E-state index is 0.585. The molecule has 3 rings (SSSR count). The summed E-state index contributed by atoms with van der Waals surface area (Å²) in [7, 11) is 0. The quantitative estimate of drug-likeness (QED) is 0.814. The molecular formula is C18H22N2. The molecule has 2 atom stereocenters. The predicted octanol–water partition coefficient (Wildman–Crippen LogP) is 4.08. The standard InChI is InChI=1S/C18H22N2/c1-13-6-4-5-7-18(13)16-11-15(3)20(12-16)17-8-9-19-14(2)10-17/h4-10,15-16H,11-12H2,1-3H3. The molecule has 1 aromatic carbocycles. The molecule has 1 aliphatic rings. The number of aromatic nitrogens is 1. The molecule has 1 aliphatic heterocycles. The van der Waals surface area contributed by atoms with Crippen molar-refractivity contribution in [2.45, 2.75) is 39.2 Å². The number of anilines is 1. The molecule has 2 heterocycles. The molecule has 104 valence electrons. The molecule has 0 bridgehead atoms. The molecule has 0 N–H and O–H groups in total. The lowest BCUT2D eigenvalue weighted by Crippen LogP contribution is -2.26. The largest absolute Gasteiger partial charge is 0.368 e. The molecule has 1 aromatic heterocycles. The van der Waals surface area contributed by atoms with Gasteiger partial charge in [-0.3, -0.25) is 4.98 Å². The summed E-state index contributed by atoms with van der Waals surface area (Å²) in [5.41, 5.74) is 5.32. The summed E-state index contributed by atoms with van der Waals surface area (Å²) in [6, 6.07) is 13.7. The van der Waals surface area contributed by atoms with Gasteiger partial charge < -0.3 is 4.90 Å². The third kappa shape index (κ3) is 2.43. The van der Waals surface area contributed by atoms with Gasteiger partial charge in [0.1, 0.15) is 0 Å². The van der Waals surface area contributed by atoms with Gasteiger partial charge in [-0.1, -0.05) is 24.3 Å². The molecule has 1 fully saturated rings. The fourth-order valence-corrected chi connectivity index (χ4v) is 3.37. The van der Waals surface area contributed by atoms with Crippen LogP contribution >= 0.6 is 0 Å². The van der Waals surface area contributed by atoms with E-state index in [2.05, 4.69) is 67.1 Å². The number of pyridine rings is 1. The highest BCUT2D eigenvalue weighted by Gasteiger charge is 2.30. The molecule has 20 heavy (non-hydrogen) atoms. The number of rotatable bonds is 2. The summed E-state index contributed by atoms with van der Waals surface area (Å²) >= 11 is 0. The third-order valence-corrected chi connectivity index (χ3v) is 4.41. The van der Waals surface area contributed by atoms with E-state index in [0.29, 0.717) is 12.0 Å². The topological polar surface area (TPSA) is 16.1 Å². The van der Waals surface area contributed by atoms with Gasteiger partial charge in [0.2, 0.25) is 0 Å². The second kappa shape index (κ2) is 5.28. The van der Waals surface area contributed by atoms with E-state index < -0.39 is 0 Å². The Kier molecular flexibility index (Phi) is 3.47. The highest BCUT2D eigenvalue weighted by Crippen LogP contribution is 2.36. The molecule has 2 aromatic rings. The highest BCUT2D eigenvalue weighted by atomic mass is 15.2. The molecule has 0 aliphatic carbocycles. The number of hydrogen-bond donors (Lipinski definition) is 0. The number of aryl methyl sites for hydroxylation is 2. The molecule has 2 unspecified atom stereocenters. The average Bonchev–Trinajstić information content (AvgIpc) is 2.81. The first kappa shape index (κ1) is 13.2. The first-order valence-electron chi connectivity index (χ1n) is 7.40. The van der Waals surface area contributed by atoms with E-state index in [1.807, 2.05) is 6.20 Å². The minimum Gasteiger partial charge on any atom is -0.368 e. The zero-order chi connectivity index (χ0) is 14.1. The van der Waals surface area contributed by atoms with Gasteiger partial charge in [-0.2, -0.15) is 0 Å². The van der Waals surface area contributed by atoms with Crippen LogP contribution in [0.5, 0.6) is 0 Å². The van der Waals surface area contributed by atoms with E-state index in [9.17, 15) is 0 Å². The molecule has 0 amide bonds. The lowest BCUT2D eigenvalue weighted by Gasteiger charge is -2.24. The molecular weight excluding hydrogens is 244 g/mol. The van der Waals surface area contributed by atoms with Gasteiger partial charge in [-0.05, 0) is 50.5 Å². The Balaban J connectivity index is 1.86. The zero-order valence-corrected chi connectivity index (χ0v) is 12.5. The van der Waals surface area contributed by atoms with Crippen LogP contribution in [0.4, 0.5) is 5.69 Å². The van der Waals surface area contributed by atoms with Crippen LogP contribution in [0, 0.1) is 13.8 Å². The fraction of sp³-hybridized carbons (Fsp3) is 0.389. The Morgan fingerprint density at radius 2 is 1.95 bits per heavy atom. The first-order valence-corrected chi connectivity index (χ1v) is 7.40. The van der Waals surface area contributed by atoms with E-state index in [1.54, 1.807) is 0 Å². The Bertz CT molecular complexity index is 606. The van der Waals surface area contributed by atoms with Crippen molar-refractivity contribution in [3.8, 4) is 0 Å². The van der Waals surface area contributed by atoms with E-state index in [0.717, 1.165) is 12.2 Å². The number of hydrogen-bond acceptors (Lipinski definition) is 2. The van der Waals surface area contributed by atoms with Crippen molar-refractivity contribution in [3.05, 3.63) is 59.4 Å². The Hall–Kier alpha value is -1.83. The smallest absolute Gasteiger partial charge is 0.0402 e. The summed E-state index contributed by atoms with van der Waals surface area (Å²) in [6.45, 7) is 7.71. The monoisotopic (exact) mass is 266 g/mol. The molecule has 2 heteroatoms. The first-order chi connectivity index (χ1) is 9.65. The Morgan fingerprint density at radius 3 is 2.70 bits per heavy atom. The normalized spacial score (nSPS) is 22.2. The average molecular weight is 266 g/mol. The van der Waals surface area contributed by atoms with Crippen molar-refractivity contribution in [2.75, 3.05) is 11.4 Å². The zero-order valence-electron chi connectivity index (χ0n) is 12.5. The highest BCUT2D eigenvalue weighted by molar-refractivity contribution is 5.50. The molecule has 0 spiro atoms. The molecule has 0 saturated carbocycles. The van der Waals surface area contributed by atoms with E-state index >= 15 is 0 Å². The second-order valence-corrected chi connectivity index (χ2v) is 5.95. The van der Waals surface area contributed by atoms with Gasteiger partial charge in [0.15, 0.2) is 0 Å². The van der Waals surface area contributed by atoms with Gasteiger partial charge in [0.25, 0.3) is 0 Å². The third-order valence-electron chi connectivity index (χ3n) is 4.41. The molecule has 1 saturated heterocycles. The maximum atomic E-state index is 4.30. The lowest BCUT2D eigenvalue weighted by atomic mass is 9.93. The predicted molar refractivity (Wildman–Crippen MR) is 84.3 cm³/mol. The Labute approximate surface area is 121 Å². The van der Waals surface area contributed by atoms with Gasteiger partial charge in [-0.25, -0.2) is 0 Å². The van der Waals surface area contributed by atoms with Crippen LogP contribution in [0.3, 0.4) is 0 Å². The number of nitrogens with zero attached hydrogens (tertiary/aromatic N) is 2. The van der Waals surface area contributed by atoms with E-state index in [-0.39, 0.29) is 0 Å². The SMILES string of the molecule is Cc1cc(N2CC(c3ccccc3C)CC2C)ccn1. The summed E-state index contributed by atoms with van der Waals surface area (Å²) in [4.78, 5) is 6.82. The second-order valence-electron chi connectivity index (χ2n) is 5.95. The van der Waals surface area contributed by atoms with Crippen molar-refractivity contribution < 1.29 is 0 Å². The van der Waals surface area contributed by atoms with Crippen molar-refractivity contribution in [1.29, 1.82) is 0 Å². The van der Waals surface area contributed by atoms with Crippen LogP contribution < -0.4 is 4.90 Å². The fourth-order valence-electron chi connectivity index (χ4n) is 3.37. The molecule has 2 nitrogen and oxygen atoms in total. The van der Waals surface area contributed by atoms with E-state index in [4.69, 9.17) is 0 Å². The van der Waals surface area contributed by atoms with Crippen LogP contribution in [0.15, 0.2) is 42.6 Å². The van der Waals surface area contributed by atoms with Crippen LogP contribution in [-0.4, -0.2) is 17.6 Å². The van der Waals surface area contributed by atoms with Crippen molar-refractivity contribution in [1.82, 2.24) is 4.98 Å². The maximum absolute atomic E-state index is 4.30. The van der Waals surface area contributed by atoms with Crippen LogP contribution in [0.2, 0.25) is 0 Å². The van der Waals surface area contributed by atoms with Crippen molar-refractivity contribution in [2.24, 2.45) is 0 Å². The summed E-state index contributed by atoms with van der Waals surface area (Å²) in [6.07, 6.45) is 3.14. The van der Waals surface area contributed by atoms with Crippen molar-refractivity contribution in [3.63, 3.8) is 0 Å². The van der Waals surface area contributed by atoms with Crippen LogP contribution in [0.1, 0.15) is 36.1 Å². The lowest BCUT2D eigenvalue weighted by molar-refractivity contribution is 0.697. The van der Waals surface area contributed by atoms with Gasteiger partial charge in [0.05, 0.1) is 0 Å². The summed E-state index contributed by atoms with van der Waals surface area (Å²) in [5, 5.41) is 0. The van der Waals surface area contributed by atoms with Gasteiger partial charge in [-0.15, -0.1) is 0 Å². The minimum absolute atomic E-state index is 0.585. The summed E-state index contributed by atoms with van der Waals surface area (Å²) in [5.74, 6) is 0.639. The van der Waals surface area contributed by atoms with E-state index in [1.165, 1.54) is 23.2 Å². The molecule has 0 radical (unpaired) electrons. The summed E-state index contributed by atoms with van der Waals surface area (Å²) < 4.78 is 0. The maximum Gasteiger partial charge on any atom is 0.0402 e. The van der Waals surface area contributed by atoms with Gasteiger partial charge in [0, 0.05) is 36.1 Å². The van der Waals surface area contributed by atoms with Crippen molar-refractivity contribution >= 4 is 5.69 Å². The van der Waals surface area contributed by atoms with Crippen LogP contribution in [0.25, 0.3) is 0 Å². The van der Waals surface area contributed by atoms with Crippen LogP contribution in [-0.2, 0) is 0 Å². The van der Waals surface area contributed by atoms with Gasteiger partial charge >= 0.3 is 0 Å². The number of benzene rings is 1.